The predicted molar refractivity (Wildman–Crippen MR) is 89.7 cm³/mol. The number of hydrogen-bond donors (Lipinski definition) is 1. The number of nitrogens with one attached hydrogen (secondary N) is 1. The Kier molecular flexibility index (Phi) is 5.51. The molecular formula is C17H19Cl2NO. The second-order valence-corrected chi connectivity index (χ2v) is 5.72. The fourth-order valence-electron chi connectivity index (χ4n) is 2.29. The van der Waals surface area contributed by atoms with Crippen molar-refractivity contribution in [3.63, 3.8) is 0 Å². The lowest BCUT2D eigenvalue weighted by Gasteiger charge is -2.21. The molecule has 0 heterocycles. The van der Waals surface area contributed by atoms with Crippen LogP contribution in [0.5, 0.6) is 5.75 Å². The zero-order chi connectivity index (χ0) is 15.4. The van der Waals surface area contributed by atoms with Gasteiger partial charge in [0.05, 0.1) is 18.2 Å². The fourth-order valence-corrected chi connectivity index (χ4v) is 2.80. The summed E-state index contributed by atoms with van der Waals surface area (Å²) in [6, 6.07) is 12.0. The molecule has 112 valence electrons. The van der Waals surface area contributed by atoms with E-state index in [0.717, 1.165) is 17.7 Å². The highest BCUT2D eigenvalue weighted by molar-refractivity contribution is 6.34. The Morgan fingerprint density at radius 3 is 2.33 bits per heavy atom. The van der Waals surface area contributed by atoms with E-state index in [1.807, 2.05) is 6.07 Å². The summed E-state index contributed by atoms with van der Waals surface area (Å²) < 4.78 is 5.21. The van der Waals surface area contributed by atoms with E-state index in [1.165, 1.54) is 5.56 Å². The highest BCUT2D eigenvalue weighted by Gasteiger charge is 2.18. The van der Waals surface area contributed by atoms with Crippen molar-refractivity contribution in [1.29, 1.82) is 0 Å². The van der Waals surface area contributed by atoms with Crippen molar-refractivity contribution < 1.29 is 4.74 Å². The largest absolute Gasteiger partial charge is 0.495 e. The van der Waals surface area contributed by atoms with Crippen LogP contribution in [0.4, 0.5) is 0 Å². The van der Waals surface area contributed by atoms with Gasteiger partial charge in [-0.25, -0.2) is 0 Å². The van der Waals surface area contributed by atoms with Crippen molar-refractivity contribution >= 4 is 23.2 Å². The van der Waals surface area contributed by atoms with Crippen molar-refractivity contribution in [3.05, 3.63) is 63.1 Å². The van der Waals surface area contributed by atoms with Gasteiger partial charge in [0.25, 0.3) is 0 Å². The van der Waals surface area contributed by atoms with Gasteiger partial charge < -0.3 is 10.1 Å². The second kappa shape index (κ2) is 7.17. The van der Waals surface area contributed by atoms with E-state index >= 15 is 0 Å². The summed E-state index contributed by atoms with van der Waals surface area (Å²) in [5.41, 5.74) is 3.34. The highest BCUT2D eigenvalue weighted by Crippen LogP contribution is 2.36. The Hall–Kier alpha value is -1.22. The zero-order valence-electron chi connectivity index (χ0n) is 12.4. The van der Waals surface area contributed by atoms with Gasteiger partial charge in [0, 0.05) is 11.1 Å². The van der Waals surface area contributed by atoms with Crippen molar-refractivity contribution in [1.82, 2.24) is 5.32 Å². The number of hydrogen-bond acceptors (Lipinski definition) is 2. The van der Waals surface area contributed by atoms with Crippen LogP contribution in [-0.2, 0) is 0 Å². The molecule has 0 spiro atoms. The van der Waals surface area contributed by atoms with Crippen LogP contribution in [0.2, 0.25) is 10.0 Å². The maximum atomic E-state index is 6.41. The number of methoxy groups -OCH3 is 1. The van der Waals surface area contributed by atoms with Crippen LogP contribution in [0, 0.1) is 6.92 Å². The minimum Gasteiger partial charge on any atom is -0.495 e. The molecule has 0 fully saturated rings. The van der Waals surface area contributed by atoms with Gasteiger partial charge in [-0.15, -0.1) is 0 Å². The summed E-state index contributed by atoms with van der Waals surface area (Å²) in [6.07, 6.45) is 0. The second-order valence-electron chi connectivity index (χ2n) is 4.91. The monoisotopic (exact) mass is 323 g/mol. The van der Waals surface area contributed by atoms with Crippen molar-refractivity contribution in [3.8, 4) is 5.75 Å². The molecule has 0 aliphatic rings. The molecule has 21 heavy (non-hydrogen) atoms. The first-order valence-electron chi connectivity index (χ1n) is 6.89. The highest BCUT2D eigenvalue weighted by atomic mass is 35.5. The number of aryl methyl sites for hydroxylation is 1. The van der Waals surface area contributed by atoms with Gasteiger partial charge in [-0.1, -0.05) is 60.0 Å². The van der Waals surface area contributed by atoms with Crippen LogP contribution in [0.3, 0.4) is 0 Å². The molecule has 0 aliphatic heterocycles. The summed E-state index contributed by atoms with van der Waals surface area (Å²) in [4.78, 5) is 0. The van der Waals surface area contributed by atoms with Crippen molar-refractivity contribution in [2.24, 2.45) is 0 Å². The lowest BCUT2D eigenvalue weighted by Crippen LogP contribution is -2.22. The minimum absolute atomic E-state index is 0.00602. The Bertz CT molecular complexity index is 611. The number of ether oxygens (including phenoxy) is 1. The van der Waals surface area contributed by atoms with Gasteiger partial charge in [0.15, 0.2) is 0 Å². The molecule has 2 aromatic rings. The topological polar surface area (TPSA) is 21.3 Å². The molecule has 2 rings (SSSR count). The maximum Gasteiger partial charge on any atom is 0.138 e. The van der Waals surface area contributed by atoms with Crippen LogP contribution >= 0.6 is 23.2 Å². The van der Waals surface area contributed by atoms with Crippen LogP contribution in [0.15, 0.2) is 36.4 Å². The Balaban J connectivity index is 2.47. The van der Waals surface area contributed by atoms with E-state index in [2.05, 4.69) is 43.4 Å². The van der Waals surface area contributed by atoms with Crippen LogP contribution < -0.4 is 10.1 Å². The van der Waals surface area contributed by atoms with E-state index < -0.39 is 0 Å². The Morgan fingerprint density at radius 2 is 1.76 bits per heavy atom. The van der Waals surface area contributed by atoms with E-state index in [9.17, 15) is 0 Å². The van der Waals surface area contributed by atoms with Gasteiger partial charge in [-0.05, 0) is 30.7 Å². The lowest BCUT2D eigenvalue weighted by atomic mass is 9.97. The molecule has 4 heteroatoms. The van der Waals surface area contributed by atoms with Gasteiger partial charge in [-0.3, -0.25) is 0 Å². The smallest absolute Gasteiger partial charge is 0.138 e. The molecule has 0 saturated carbocycles. The molecule has 2 aromatic carbocycles. The van der Waals surface area contributed by atoms with Crippen LogP contribution in [0.25, 0.3) is 0 Å². The van der Waals surface area contributed by atoms with E-state index in [-0.39, 0.29) is 6.04 Å². The van der Waals surface area contributed by atoms with Crippen LogP contribution in [0.1, 0.15) is 29.7 Å². The standard InChI is InChI=1S/C17H19Cl2NO/c1-4-20-17(12-7-5-11(2)6-8-12)13-9-15(19)16(21-3)10-14(13)18/h5-10,17,20H,4H2,1-3H3. The SMILES string of the molecule is CCNC(c1ccc(C)cc1)c1cc(Cl)c(OC)cc1Cl. The first-order chi connectivity index (χ1) is 10.1. The Morgan fingerprint density at radius 1 is 1.10 bits per heavy atom. The normalized spacial score (nSPS) is 12.2. The average molecular weight is 324 g/mol. The summed E-state index contributed by atoms with van der Waals surface area (Å²) in [7, 11) is 1.58. The Labute approximate surface area is 136 Å². The predicted octanol–water partition coefficient (Wildman–Crippen LogP) is 5.01. The third-order valence-corrected chi connectivity index (χ3v) is 4.02. The number of benzene rings is 2. The van der Waals surface area contributed by atoms with E-state index in [1.54, 1.807) is 13.2 Å². The number of rotatable bonds is 5. The maximum absolute atomic E-state index is 6.41. The summed E-state index contributed by atoms with van der Waals surface area (Å²) in [5, 5.41) is 4.66. The van der Waals surface area contributed by atoms with Gasteiger partial charge in [0.2, 0.25) is 0 Å². The molecular weight excluding hydrogens is 305 g/mol. The fraction of sp³-hybridized carbons (Fsp3) is 0.294. The van der Waals surface area contributed by atoms with E-state index in [4.69, 9.17) is 27.9 Å². The third-order valence-electron chi connectivity index (χ3n) is 3.40. The van der Waals surface area contributed by atoms with E-state index in [0.29, 0.717) is 15.8 Å². The molecule has 1 atom stereocenters. The molecule has 1 N–H and O–H groups in total. The molecule has 0 radical (unpaired) electrons. The van der Waals surface area contributed by atoms with Gasteiger partial charge >= 0.3 is 0 Å². The minimum atomic E-state index is 0.00602. The molecule has 0 amide bonds. The molecule has 2 nitrogen and oxygen atoms in total. The first kappa shape index (κ1) is 16.2. The molecule has 0 aliphatic carbocycles. The molecule has 0 aromatic heterocycles. The number of halogens is 2. The lowest BCUT2D eigenvalue weighted by molar-refractivity contribution is 0.414. The summed E-state index contributed by atoms with van der Waals surface area (Å²) in [5.74, 6) is 0.588. The van der Waals surface area contributed by atoms with Crippen molar-refractivity contribution in [2.45, 2.75) is 19.9 Å². The van der Waals surface area contributed by atoms with Gasteiger partial charge in [-0.2, -0.15) is 0 Å². The van der Waals surface area contributed by atoms with Gasteiger partial charge in [0.1, 0.15) is 5.75 Å². The van der Waals surface area contributed by atoms with Crippen molar-refractivity contribution in [2.75, 3.05) is 13.7 Å². The quantitative estimate of drug-likeness (QED) is 0.835. The zero-order valence-corrected chi connectivity index (χ0v) is 13.9. The molecule has 0 bridgehead atoms. The van der Waals surface area contributed by atoms with Crippen LogP contribution in [-0.4, -0.2) is 13.7 Å². The summed E-state index contributed by atoms with van der Waals surface area (Å²) in [6.45, 7) is 4.97. The average Bonchev–Trinajstić information content (AvgIpc) is 2.48. The summed E-state index contributed by atoms with van der Waals surface area (Å²) >= 11 is 12.7. The molecule has 1 unspecified atom stereocenters. The third kappa shape index (κ3) is 3.70. The first-order valence-corrected chi connectivity index (χ1v) is 7.65. The molecule has 0 saturated heterocycles.